The van der Waals surface area contributed by atoms with E-state index in [4.69, 9.17) is 0 Å². The Morgan fingerprint density at radius 2 is 1.62 bits per heavy atom. The first kappa shape index (κ1) is 16.2. The van der Waals surface area contributed by atoms with Crippen LogP contribution < -0.4 is 0 Å². The van der Waals surface area contributed by atoms with Crippen molar-refractivity contribution in [3.63, 3.8) is 0 Å². The molecule has 24 heavy (non-hydrogen) atoms. The molecule has 2 fully saturated rings. The van der Waals surface area contributed by atoms with Gasteiger partial charge in [-0.05, 0) is 43.2 Å². The average Bonchev–Trinajstić information content (AvgIpc) is 3.20. The lowest BCUT2D eigenvalue weighted by Gasteiger charge is -2.41. The second-order valence-corrected chi connectivity index (χ2v) is 8.50. The van der Waals surface area contributed by atoms with Crippen LogP contribution in [0.25, 0.3) is 10.2 Å². The Bertz CT molecular complexity index is 686. The van der Waals surface area contributed by atoms with E-state index in [0.717, 1.165) is 5.69 Å². The highest BCUT2D eigenvalue weighted by atomic mass is 32.1. The lowest BCUT2D eigenvalue weighted by atomic mass is 9.88. The smallest absolute Gasteiger partial charge is 0.271 e. The molecule has 0 radical (unpaired) electrons. The van der Waals surface area contributed by atoms with Crippen molar-refractivity contribution >= 4 is 27.5 Å². The molecule has 2 aromatic heterocycles. The van der Waals surface area contributed by atoms with E-state index in [-0.39, 0.29) is 5.91 Å². The predicted molar refractivity (Wildman–Crippen MR) is 101 cm³/mol. The van der Waals surface area contributed by atoms with E-state index in [1.807, 2.05) is 7.05 Å². The van der Waals surface area contributed by atoms with Crippen molar-refractivity contribution in [2.75, 3.05) is 0 Å². The predicted octanol–water partition coefficient (Wildman–Crippen LogP) is 5.35. The van der Waals surface area contributed by atoms with Gasteiger partial charge in [-0.2, -0.15) is 0 Å². The number of aryl methyl sites for hydroxylation is 1. The van der Waals surface area contributed by atoms with Crippen molar-refractivity contribution < 1.29 is 4.79 Å². The molecule has 0 N–H and O–H groups in total. The third kappa shape index (κ3) is 2.90. The molecule has 2 saturated carbocycles. The molecule has 0 aromatic carbocycles. The van der Waals surface area contributed by atoms with Gasteiger partial charge >= 0.3 is 0 Å². The van der Waals surface area contributed by atoms with Gasteiger partial charge in [-0.3, -0.25) is 4.79 Å². The van der Waals surface area contributed by atoms with Crippen LogP contribution in [0.5, 0.6) is 0 Å². The summed E-state index contributed by atoms with van der Waals surface area (Å²) in [5.41, 5.74) is 2.07. The number of carbonyl (C=O) groups is 1. The summed E-state index contributed by atoms with van der Waals surface area (Å²) in [5, 5.41) is 2.11. The molecule has 2 heterocycles. The number of rotatable bonds is 3. The van der Waals surface area contributed by atoms with Gasteiger partial charge < -0.3 is 9.47 Å². The van der Waals surface area contributed by atoms with Crippen LogP contribution in [0, 0.1) is 0 Å². The third-order valence-corrected chi connectivity index (χ3v) is 6.91. The molecule has 0 aliphatic heterocycles. The molecule has 4 heteroatoms. The van der Waals surface area contributed by atoms with Crippen molar-refractivity contribution in [3.8, 4) is 0 Å². The number of nitrogens with zero attached hydrogens (tertiary/aromatic N) is 2. The summed E-state index contributed by atoms with van der Waals surface area (Å²) in [4.78, 5) is 15.9. The Balaban J connectivity index is 1.66. The Kier molecular flexibility index (Phi) is 4.66. The van der Waals surface area contributed by atoms with Crippen LogP contribution in [0.15, 0.2) is 17.5 Å². The van der Waals surface area contributed by atoms with Gasteiger partial charge in [0, 0.05) is 19.1 Å². The van der Waals surface area contributed by atoms with Crippen LogP contribution >= 0.6 is 11.3 Å². The summed E-state index contributed by atoms with van der Waals surface area (Å²) in [6.45, 7) is 0. The highest BCUT2D eigenvalue weighted by Crippen LogP contribution is 2.33. The SMILES string of the molecule is Cn1c(C(=O)N(C2CCCCC2)C2CCCCC2)cc2sccc21. The molecule has 0 saturated heterocycles. The molecule has 0 bridgehead atoms. The molecule has 1 amide bonds. The first-order valence-electron chi connectivity index (χ1n) is 9.61. The van der Waals surface area contributed by atoms with Crippen LogP contribution in [0.3, 0.4) is 0 Å². The van der Waals surface area contributed by atoms with E-state index in [9.17, 15) is 4.79 Å². The van der Waals surface area contributed by atoms with E-state index in [0.29, 0.717) is 12.1 Å². The van der Waals surface area contributed by atoms with E-state index in [1.165, 1.54) is 74.4 Å². The molecule has 130 valence electrons. The molecule has 0 atom stereocenters. The number of amides is 1. The van der Waals surface area contributed by atoms with Crippen LogP contribution in [0.4, 0.5) is 0 Å². The zero-order chi connectivity index (χ0) is 16.5. The minimum absolute atomic E-state index is 0.277. The van der Waals surface area contributed by atoms with E-state index >= 15 is 0 Å². The van der Waals surface area contributed by atoms with E-state index in [2.05, 4.69) is 27.0 Å². The number of aromatic nitrogens is 1. The molecule has 2 aliphatic rings. The van der Waals surface area contributed by atoms with Gasteiger partial charge in [0.25, 0.3) is 5.91 Å². The minimum atomic E-state index is 0.277. The molecule has 0 spiro atoms. The number of hydrogen-bond acceptors (Lipinski definition) is 2. The fourth-order valence-electron chi connectivity index (χ4n) is 4.74. The van der Waals surface area contributed by atoms with Gasteiger partial charge in [0.2, 0.25) is 0 Å². The fraction of sp³-hybridized carbons (Fsp3) is 0.650. The maximum absolute atomic E-state index is 13.5. The van der Waals surface area contributed by atoms with Crippen LogP contribution in [-0.2, 0) is 7.05 Å². The molecule has 3 nitrogen and oxygen atoms in total. The van der Waals surface area contributed by atoms with Gasteiger partial charge in [0.05, 0.1) is 10.2 Å². The first-order valence-corrected chi connectivity index (χ1v) is 10.5. The zero-order valence-electron chi connectivity index (χ0n) is 14.7. The summed E-state index contributed by atoms with van der Waals surface area (Å²) in [5.74, 6) is 0.277. The quantitative estimate of drug-likeness (QED) is 0.737. The van der Waals surface area contributed by atoms with Crippen molar-refractivity contribution in [1.29, 1.82) is 0 Å². The normalized spacial score (nSPS) is 20.5. The topological polar surface area (TPSA) is 25.2 Å². The molecule has 2 aromatic rings. The molecular weight excluding hydrogens is 316 g/mol. The summed E-state index contributed by atoms with van der Waals surface area (Å²) < 4.78 is 3.33. The van der Waals surface area contributed by atoms with Gasteiger partial charge in [-0.15, -0.1) is 11.3 Å². The maximum Gasteiger partial charge on any atom is 0.271 e. The highest BCUT2D eigenvalue weighted by molar-refractivity contribution is 7.17. The average molecular weight is 345 g/mol. The van der Waals surface area contributed by atoms with Crippen LogP contribution in [0.2, 0.25) is 0 Å². The lowest BCUT2D eigenvalue weighted by molar-refractivity contribution is 0.0439. The summed E-state index contributed by atoms with van der Waals surface area (Å²) in [6, 6.07) is 5.16. The van der Waals surface area contributed by atoms with E-state index < -0.39 is 0 Å². The van der Waals surface area contributed by atoms with Gasteiger partial charge in [-0.1, -0.05) is 38.5 Å². The second-order valence-electron chi connectivity index (χ2n) is 7.55. The first-order chi connectivity index (χ1) is 11.8. The fourth-order valence-corrected chi connectivity index (χ4v) is 5.58. The monoisotopic (exact) mass is 344 g/mol. The Morgan fingerprint density at radius 1 is 1.04 bits per heavy atom. The number of carbonyl (C=O) groups excluding carboxylic acids is 1. The molecular formula is C20H28N2OS. The third-order valence-electron chi connectivity index (χ3n) is 6.05. The maximum atomic E-state index is 13.5. The Labute approximate surface area is 148 Å². The molecule has 2 aliphatic carbocycles. The number of fused-ring (bicyclic) bond motifs is 1. The van der Waals surface area contributed by atoms with Gasteiger partial charge in [0.15, 0.2) is 0 Å². The minimum Gasteiger partial charge on any atom is -0.339 e. The largest absolute Gasteiger partial charge is 0.339 e. The summed E-state index contributed by atoms with van der Waals surface area (Å²) in [7, 11) is 2.04. The Morgan fingerprint density at radius 3 is 2.17 bits per heavy atom. The zero-order valence-corrected chi connectivity index (χ0v) is 15.5. The second kappa shape index (κ2) is 6.91. The summed E-state index contributed by atoms with van der Waals surface area (Å²) >= 11 is 1.73. The highest BCUT2D eigenvalue weighted by Gasteiger charge is 2.34. The molecule has 0 unspecified atom stereocenters. The van der Waals surface area contributed by atoms with Crippen LogP contribution in [0.1, 0.15) is 74.7 Å². The van der Waals surface area contributed by atoms with Crippen molar-refractivity contribution in [2.45, 2.75) is 76.3 Å². The number of hydrogen-bond donors (Lipinski definition) is 0. The van der Waals surface area contributed by atoms with E-state index in [1.54, 1.807) is 11.3 Å². The van der Waals surface area contributed by atoms with Crippen molar-refractivity contribution in [1.82, 2.24) is 9.47 Å². The van der Waals surface area contributed by atoms with Crippen molar-refractivity contribution in [2.24, 2.45) is 7.05 Å². The lowest BCUT2D eigenvalue weighted by Crippen LogP contribution is -2.49. The van der Waals surface area contributed by atoms with Crippen molar-refractivity contribution in [3.05, 3.63) is 23.2 Å². The van der Waals surface area contributed by atoms with Gasteiger partial charge in [0.1, 0.15) is 5.69 Å². The number of thiophene rings is 1. The summed E-state index contributed by atoms with van der Waals surface area (Å²) in [6.07, 6.45) is 12.6. The molecule has 4 rings (SSSR count). The Hall–Kier alpha value is -1.29. The van der Waals surface area contributed by atoms with Crippen LogP contribution in [-0.4, -0.2) is 27.5 Å². The van der Waals surface area contributed by atoms with Gasteiger partial charge in [-0.25, -0.2) is 0 Å². The standard InChI is InChI=1S/C20H28N2OS/c1-21-17-12-13-24-19(17)14-18(21)20(23)22(15-8-4-2-5-9-15)16-10-6-3-7-11-16/h12-16H,2-11H2,1H3.